The number of amides is 3. The van der Waals surface area contributed by atoms with Crippen molar-refractivity contribution in [3.05, 3.63) is 63.7 Å². The van der Waals surface area contributed by atoms with Crippen LogP contribution in [0, 0.1) is 20.8 Å². The summed E-state index contributed by atoms with van der Waals surface area (Å²) in [5.41, 5.74) is 2.45. The topological polar surface area (TPSA) is 87.7 Å². The zero-order valence-electron chi connectivity index (χ0n) is 24.3. The number of ether oxygens (including phenoxy) is 1. The zero-order chi connectivity index (χ0) is 29.0. The Morgan fingerprint density at radius 1 is 1.00 bits per heavy atom. The number of anilines is 1. The second-order valence-electron chi connectivity index (χ2n) is 11.4. The van der Waals surface area contributed by atoms with Crippen LogP contribution in [0.15, 0.2) is 36.4 Å². The van der Waals surface area contributed by atoms with E-state index in [2.05, 4.69) is 10.6 Å². The van der Waals surface area contributed by atoms with Gasteiger partial charge in [0, 0.05) is 5.54 Å². The maximum atomic E-state index is 14.1. The number of para-hydroxylation sites is 1. The Morgan fingerprint density at radius 3 is 2.16 bits per heavy atom. The van der Waals surface area contributed by atoms with Gasteiger partial charge in [0.25, 0.3) is 5.91 Å². The predicted octanol–water partition coefficient (Wildman–Crippen LogP) is 6.88. The number of hydrogen-bond acceptors (Lipinski definition) is 4. The Kier molecular flexibility index (Phi) is 10.0. The molecule has 0 aliphatic heterocycles. The molecule has 2 atom stereocenters. The van der Waals surface area contributed by atoms with Gasteiger partial charge in [-0.05, 0) is 91.5 Å². The summed E-state index contributed by atoms with van der Waals surface area (Å²) in [6.07, 6.45) is -0.135. The molecule has 2 aromatic carbocycles. The number of benzene rings is 2. The third-order valence-electron chi connectivity index (χ3n) is 6.56. The van der Waals surface area contributed by atoms with Gasteiger partial charge < -0.3 is 20.3 Å². The molecule has 2 unspecified atom stereocenters. The lowest BCUT2D eigenvalue weighted by Gasteiger charge is -2.44. The molecular weight excluding hydrogens is 502 g/mol. The molecule has 0 bridgehead atoms. The van der Waals surface area contributed by atoms with Crippen molar-refractivity contribution in [3.8, 4) is 0 Å². The van der Waals surface area contributed by atoms with E-state index >= 15 is 0 Å². The quantitative estimate of drug-likeness (QED) is 0.380. The molecule has 2 aromatic rings. The summed E-state index contributed by atoms with van der Waals surface area (Å²) in [4.78, 5) is 42.3. The summed E-state index contributed by atoms with van der Waals surface area (Å²) in [6, 6.07) is 9.24. The molecule has 0 aliphatic rings. The minimum Gasteiger partial charge on any atom is -0.444 e. The van der Waals surface area contributed by atoms with Crippen LogP contribution in [0.1, 0.15) is 83.2 Å². The first-order valence-corrected chi connectivity index (χ1v) is 13.3. The van der Waals surface area contributed by atoms with Crippen LogP contribution in [0.4, 0.5) is 10.5 Å². The van der Waals surface area contributed by atoms with Crippen molar-refractivity contribution in [1.29, 1.82) is 0 Å². The van der Waals surface area contributed by atoms with E-state index in [1.165, 1.54) is 0 Å². The number of nitrogens with zero attached hydrogens (tertiary/aromatic N) is 1. The molecule has 0 aromatic heterocycles. The largest absolute Gasteiger partial charge is 0.444 e. The summed E-state index contributed by atoms with van der Waals surface area (Å²) in [6.45, 7) is 18.4. The molecule has 2 rings (SSSR count). The minimum atomic E-state index is -0.989. The first-order chi connectivity index (χ1) is 17.5. The van der Waals surface area contributed by atoms with Crippen molar-refractivity contribution in [1.82, 2.24) is 10.2 Å². The molecule has 7 nitrogen and oxygen atoms in total. The van der Waals surface area contributed by atoms with E-state index in [0.29, 0.717) is 22.7 Å². The molecule has 0 spiro atoms. The number of alkyl carbamates (subject to hydrolysis) is 1. The minimum absolute atomic E-state index is 0.396. The predicted molar refractivity (Wildman–Crippen MR) is 154 cm³/mol. The van der Waals surface area contributed by atoms with Gasteiger partial charge in [0.15, 0.2) is 0 Å². The number of carbonyl (C=O) groups excluding carboxylic acids is 3. The number of carbonyl (C=O) groups is 3. The fourth-order valence-electron chi connectivity index (χ4n) is 4.21. The normalized spacial score (nSPS) is 13.3. The molecule has 3 amide bonds. The number of aryl methyl sites for hydroxylation is 3. The van der Waals surface area contributed by atoms with Crippen molar-refractivity contribution in [2.45, 2.75) is 98.9 Å². The second-order valence-corrected chi connectivity index (χ2v) is 11.8. The molecule has 8 heteroatoms. The summed E-state index contributed by atoms with van der Waals surface area (Å²) in [5, 5.41) is 6.04. The summed E-state index contributed by atoms with van der Waals surface area (Å²) in [7, 11) is 0. The molecule has 0 heterocycles. The van der Waals surface area contributed by atoms with Crippen LogP contribution in [-0.2, 0) is 14.3 Å². The Bertz CT molecular complexity index is 1170. The maximum Gasteiger partial charge on any atom is 0.408 e. The van der Waals surface area contributed by atoms with Crippen molar-refractivity contribution in [3.63, 3.8) is 0 Å². The number of hydrogen-bond donors (Lipinski definition) is 2. The van der Waals surface area contributed by atoms with Crippen molar-refractivity contribution >= 4 is 35.2 Å². The average molecular weight is 544 g/mol. The fraction of sp³-hybridized carbons (Fsp3) is 0.500. The second kappa shape index (κ2) is 12.2. The van der Waals surface area contributed by atoms with Gasteiger partial charge in [0.1, 0.15) is 17.7 Å². The van der Waals surface area contributed by atoms with Gasteiger partial charge in [-0.1, -0.05) is 54.4 Å². The monoisotopic (exact) mass is 543 g/mol. The summed E-state index contributed by atoms with van der Waals surface area (Å²) < 4.78 is 5.37. The maximum absolute atomic E-state index is 14.1. The lowest BCUT2D eigenvalue weighted by Crippen LogP contribution is -2.58. The Hall–Kier alpha value is -3.06. The lowest BCUT2D eigenvalue weighted by atomic mass is 9.90. The molecule has 0 fully saturated rings. The fourth-order valence-corrected chi connectivity index (χ4v) is 4.48. The molecule has 208 valence electrons. The first-order valence-electron chi connectivity index (χ1n) is 12.9. The van der Waals surface area contributed by atoms with Gasteiger partial charge in [-0.25, -0.2) is 4.79 Å². The van der Waals surface area contributed by atoms with Gasteiger partial charge in [0.05, 0.1) is 10.7 Å². The van der Waals surface area contributed by atoms with Crippen LogP contribution >= 0.6 is 11.6 Å². The van der Waals surface area contributed by atoms with E-state index in [-0.39, 0.29) is 0 Å². The van der Waals surface area contributed by atoms with Crippen LogP contribution < -0.4 is 10.6 Å². The van der Waals surface area contributed by atoms with Crippen molar-refractivity contribution in [2.75, 3.05) is 5.32 Å². The van der Waals surface area contributed by atoms with Gasteiger partial charge in [-0.2, -0.15) is 0 Å². The molecule has 38 heavy (non-hydrogen) atoms. The van der Waals surface area contributed by atoms with Gasteiger partial charge in [0.2, 0.25) is 5.91 Å². The van der Waals surface area contributed by atoms with E-state index < -0.39 is 41.1 Å². The number of nitrogens with one attached hydrogen (secondary N) is 2. The number of rotatable bonds is 8. The Labute approximate surface area is 232 Å². The third kappa shape index (κ3) is 7.73. The van der Waals surface area contributed by atoms with Gasteiger partial charge >= 0.3 is 6.09 Å². The van der Waals surface area contributed by atoms with E-state index in [4.69, 9.17) is 16.3 Å². The SMILES string of the molecule is CCC(C)(C)N(C(=O)C(C)NC(=O)OC(C)(C)C)C(C(=O)Nc1c(C)cccc1Cl)c1ccc(C)cc1C. The number of halogens is 1. The average Bonchev–Trinajstić information content (AvgIpc) is 2.78. The van der Waals surface area contributed by atoms with Crippen molar-refractivity contribution in [2.24, 2.45) is 0 Å². The third-order valence-corrected chi connectivity index (χ3v) is 6.87. The van der Waals surface area contributed by atoms with Crippen LogP contribution in [0.2, 0.25) is 5.02 Å². The van der Waals surface area contributed by atoms with Crippen LogP contribution in [0.25, 0.3) is 0 Å². The van der Waals surface area contributed by atoms with E-state index in [0.717, 1.165) is 16.7 Å². The highest BCUT2D eigenvalue weighted by molar-refractivity contribution is 6.34. The van der Waals surface area contributed by atoms with Crippen molar-refractivity contribution < 1.29 is 19.1 Å². The molecule has 0 radical (unpaired) electrons. The Balaban J connectivity index is 2.63. The molecule has 0 aliphatic carbocycles. The standard InChI is InChI=1S/C30H42ClN3O4/c1-11-30(9,10)34(27(36)21(5)32-28(37)38-29(6,7)8)25(22-16-15-18(2)17-20(22)4)26(35)33-24-19(3)13-12-14-23(24)31/h12-17,21,25H,11H2,1-10H3,(H,32,37)(H,33,35). The van der Waals surface area contributed by atoms with E-state index in [9.17, 15) is 14.4 Å². The molecule has 0 saturated carbocycles. The van der Waals surface area contributed by atoms with E-state index in [1.54, 1.807) is 38.7 Å². The summed E-state index contributed by atoms with van der Waals surface area (Å²) in [5.74, 6) is -0.800. The molecule has 2 N–H and O–H groups in total. The van der Waals surface area contributed by atoms with Crippen LogP contribution in [-0.4, -0.2) is 40.0 Å². The summed E-state index contributed by atoms with van der Waals surface area (Å²) >= 11 is 6.44. The lowest BCUT2D eigenvalue weighted by molar-refractivity contribution is -0.147. The highest BCUT2D eigenvalue weighted by atomic mass is 35.5. The van der Waals surface area contributed by atoms with Gasteiger partial charge in [-0.3, -0.25) is 9.59 Å². The highest BCUT2D eigenvalue weighted by Gasteiger charge is 2.42. The first kappa shape index (κ1) is 31.2. The molecule has 0 saturated heterocycles. The van der Waals surface area contributed by atoms with Gasteiger partial charge in [-0.15, -0.1) is 0 Å². The molecular formula is C30H42ClN3O4. The smallest absolute Gasteiger partial charge is 0.408 e. The van der Waals surface area contributed by atoms with E-state index in [1.807, 2.05) is 71.9 Å². The zero-order valence-corrected chi connectivity index (χ0v) is 25.0. The van der Waals surface area contributed by atoms with Crippen LogP contribution in [0.5, 0.6) is 0 Å². The highest BCUT2D eigenvalue weighted by Crippen LogP contribution is 2.35. The Morgan fingerprint density at radius 2 is 1.63 bits per heavy atom. The van der Waals surface area contributed by atoms with Crippen LogP contribution in [0.3, 0.4) is 0 Å².